The Morgan fingerprint density at radius 3 is 2.43 bits per heavy atom. The molecule has 0 saturated carbocycles. The average Bonchev–Trinajstić information content (AvgIpc) is 3.16. The predicted octanol–water partition coefficient (Wildman–Crippen LogP) is 2.16. The van der Waals surface area contributed by atoms with E-state index in [-0.39, 0.29) is 19.1 Å². The van der Waals surface area contributed by atoms with Crippen molar-refractivity contribution in [3.8, 4) is 6.07 Å². The number of nitrogens with one attached hydrogen (secondary N) is 1. The minimum Gasteiger partial charge on any atom is -0.460 e. The van der Waals surface area contributed by atoms with E-state index < -0.39 is 11.9 Å². The summed E-state index contributed by atoms with van der Waals surface area (Å²) in [5.74, 6) is -0.867. The third-order valence-corrected chi connectivity index (χ3v) is 4.39. The molecule has 2 aromatic carbocycles. The second-order valence-electron chi connectivity index (χ2n) is 6.35. The summed E-state index contributed by atoms with van der Waals surface area (Å²) >= 11 is 0. The van der Waals surface area contributed by atoms with E-state index in [4.69, 9.17) is 10.00 Å². The normalized spacial score (nSPS) is 13.1. The molecule has 0 radical (unpaired) electrons. The van der Waals surface area contributed by atoms with Crippen molar-refractivity contribution in [2.75, 3.05) is 18.0 Å². The molecule has 0 spiro atoms. The van der Waals surface area contributed by atoms with Crippen molar-refractivity contribution in [1.82, 2.24) is 5.32 Å². The summed E-state index contributed by atoms with van der Waals surface area (Å²) in [7, 11) is 0. The third-order valence-electron chi connectivity index (χ3n) is 4.39. The van der Waals surface area contributed by atoms with Crippen LogP contribution in [0.3, 0.4) is 0 Å². The highest BCUT2D eigenvalue weighted by molar-refractivity contribution is 5.98. The Kier molecular flexibility index (Phi) is 6.02. The molecular weight excluding hydrogens is 358 g/mol. The van der Waals surface area contributed by atoms with E-state index in [1.165, 1.54) is 0 Å². The third kappa shape index (κ3) is 4.74. The highest BCUT2D eigenvalue weighted by Gasteiger charge is 2.21. The summed E-state index contributed by atoms with van der Waals surface area (Å²) < 4.78 is 5.11. The van der Waals surface area contributed by atoms with Gasteiger partial charge in [0.15, 0.2) is 0 Å². The topological polar surface area (TPSA) is 99.5 Å². The lowest BCUT2D eigenvalue weighted by Gasteiger charge is -2.15. The molecule has 1 fully saturated rings. The SMILES string of the molecule is N#Cc1ccc(COC(=O)CNC(=O)c2ccc(N3CCCC3=O)cc2)cc1. The summed E-state index contributed by atoms with van der Waals surface area (Å²) in [4.78, 5) is 37.4. The van der Waals surface area contributed by atoms with Gasteiger partial charge in [0.25, 0.3) is 5.91 Å². The molecule has 1 saturated heterocycles. The van der Waals surface area contributed by atoms with Gasteiger partial charge in [-0.05, 0) is 48.4 Å². The monoisotopic (exact) mass is 377 g/mol. The van der Waals surface area contributed by atoms with Gasteiger partial charge in [-0.1, -0.05) is 12.1 Å². The number of esters is 1. The maximum atomic E-state index is 12.2. The smallest absolute Gasteiger partial charge is 0.325 e. The van der Waals surface area contributed by atoms with Crippen LogP contribution < -0.4 is 10.2 Å². The average molecular weight is 377 g/mol. The number of hydrogen-bond donors (Lipinski definition) is 1. The number of ether oxygens (including phenoxy) is 1. The maximum absolute atomic E-state index is 12.2. The molecule has 7 nitrogen and oxygen atoms in total. The number of carbonyl (C=O) groups is 3. The van der Waals surface area contributed by atoms with Crippen molar-refractivity contribution < 1.29 is 19.1 Å². The number of rotatable bonds is 6. The van der Waals surface area contributed by atoms with Crippen LogP contribution in [0, 0.1) is 11.3 Å². The number of amides is 2. The Balaban J connectivity index is 1.45. The van der Waals surface area contributed by atoms with Crippen LogP contribution in [0.5, 0.6) is 0 Å². The Morgan fingerprint density at radius 1 is 1.11 bits per heavy atom. The van der Waals surface area contributed by atoms with E-state index in [0.717, 1.165) is 17.7 Å². The molecule has 0 unspecified atom stereocenters. The van der Waals surface area contributed by atoms with Gasteiger partial charge in [0, 0.05) is 24.2 Å². The van der Waals surface area contributed by atoms with Crippen LogP contribution in [0.1, 0.15) is 34.3 Å². The Morgan fingerprint density at radius 2 is 1.82 bits per heavy atom. The fraction of sp³-hybridized carbons (Fsp3) is 0.238. The fourth-order valence-corrected chi connectivity index (χ4v) is 2.86. The Hall–Kier alpha value is -3.66. The molecule has 1 N–H and O–H groups in total. The lowest BCUT2D eigenvalue weighted by atomic mass is 10.2. The molecule has 28 heavy (non-hydrogen) atoms. The van der Waals surface area contributed by atoms with Gasteiger partial charge in [-0.25, -0.2) is 0 Å². The number of nitriles is 1. The van der Waals surface area contributed by atoms with Gasteiger partial charge in [-0.2, -0.15) is 5.26 Å². The van der Waals surface area contributed by atoms with Gasteiger partial charge in [-0.3, -0.25) is 14.4 Å². The van der Waals surface area contributed by atoms with Gasteiger partial charge in [0.05, 0.1) is 11.6 Å². The van der Waals surface area contributed by atoms with Crippen molar-refractivity contribution in [2.45, 2.75) is 19.4 Å². The Labute approximate surface area is 162 Å². The molecule has 142 valence electrons. The minimum atomic E-state index is -0.558. The standard InChI is InChI=1S/C21H19N3O4/c22-12-15-3-5-16(6-4-15)14-28-20(26)13-23-21(27)17-7-9-18(10-8-17)24-11-1-2-19(24)25/h3-10H,1-2,11,13-14H2,(H,23,27). The van der Waals surface area contributed by atoms with Crippen molar-refractivity contribution in [2.24, 2.45) is 0 Å². The molecule has 0 bridgehead atoms. The van der Waals surface area contributed by atoms with Gasteiger partial charge in [-0.15, -0.1) is 0 Å². The van der Waals surface area contributed by atoms with Crippen molar-refractivity contribution in [1.29, 1.82) is 5.26 Å². The zero-order chi connectivity index (χ0) is 19.9. The summed E-state index contributed by atoms with van der Waals surface area (Å²) in [6.07, 6.45) is 1.39. The van der Waals surface area contributed by atoms with Crippen LogP contribution in [0.2, 0.25) is 0 Å². The van der Waals surface area contributed by atoms with Crippen LogP contribution in [-0.2, 0) is 20.9 Å². The summed E-state index contributed by atoms with van der Waals surface area (Å²) in [6, 6.07) is 15.4. The molecule has 0 atom stereocenters. The van der Waals surface area contributed by atoms with E-state index in [9.17, 15) is 14.4 Å². The zero-order valence-corrected chi connectivity index (χ0v) is 15.2. The largest absolute Gasteiger partial charge is 0.460 e. The molecule has 0 aromatic heterocycles. The first-order valence-corrected chi connectivity index (χ1v) is 8.90. The first-order valence-electron chi connectivity index (χ1n) is 8.90. The van der Waals surface area contributed by atoms with Crippen LogP contribution in [-0.4, -0.2) is 30.9 Å². The number of hydrogen-bond acceptors (Lipinski definition) is 5. The van der Waals surface area contributed by atoms with E-state index in [1.807, 2.05) is 6.07 Å². The molecule has 7 heteroatoms. The number of carbonyl (C=O) groups excluding carboxylic acids is 3. The fourth-order valence-electron chi connectivity index (χ4n) is 2.86. The highest BCUT2D eigenvalue weighted by atomic mass is 16.5. The quantitative estimate of drug-likeness (QED) is 0.778. The second-order valence-corrected chi connectivity index (χ2v) is 6.35. The lowest BCUT2D eigenvalue weighted by molar-refractivity contribution is -0.143. The summed E-state index contributed by atoms with van der Waals surface area (Å²) in [6.45, 7) is 0.510. The van der Waals surface area contributed by atoms with Gasteiger partial charge in [0.1, 0.15) is 13.2 Å². The molecular formula is C21H19N3O4. The molecule has 2 amide bonds. The van der Waals surface area contributed by atoms with Crippen molar-refractivity contribution >= 4 is 23.5 Å². The second kappa shape index (κ2) is 8.82. The van der Waals surface area contributed by atoms with Crippen LogP contribution >= 0.6 is 0 Å². The van der Waals surface area contributed by atoms with E-state index >= 15 is 0 Å². The van der Waals surface area contributed by atoms with E-state index in [1.54, 1.807) is 53.4 Å². The van der Waals surface area contributed by atoms with Crippen molar-refractivity contribution in [3.05, 3.63) is 65.2 Å². The summed E-state index contributed by atoms with van der Waals surface area (Å²) in [5.41, 5.74) is 2.45. The molecule has 1 aliphatic rings. The van der Waals surface area contributed by atoms with Crippen LogP contribution in [0.25, 0.3) is 0 Å². The van der Waals surface area contributed by atoms with Gasteiger partial charge in [0.2, 0.25) is 5.91 Å². The lowest BCUT2D eigenvalue weighted by Crippen LogP contribution is -2.30. The van der Waals surface area contributed by atoms with Crippen LogP contribution in [0.15, 0.2) is 48.5 Å². The van der Waals surface area contributed by atoms with E-state index in [2.05, 4.69) is 5.32 Å². The number of nitrogens with zero attached hydrogens (tertiary/aromatic N) is 2. The maximum Gasteiger partial charge on any atom is 0.325 e. The van der Waals surface area contributed by atoms with Crippen LogP contribution in [0.4, 0.5) is 5.69 Å². The molecule has 1 heterocycles. The first-order chi connectivity index (χ1) is 13.6. The Bertz CT molecular complexity index is 914. The molecule has 3 rings (SSSR count). The molecule has 2 aromatic rings. The molecule has 0 aliphatic carbocycles. The van der Waals surface area contributed by atoms with Gasteiger partial charge < -0.3 is 15.0 Å². The first kappa shape index (κ1) is 19.1. The highest BCUT2D eigenvalue weighted by Crippen LogP contribution is 2.21. The summed E-state index contributed by atoms with van der Waals surface area (Å²) in [5, 5.41) is 11.3. The zero-order valence-electron chi connectivity index (χ0n) is 15.2. The number of anilines is 1. The number of benzene rings is 2. The van der Waals surface area contributed by atoms with Crippen molar-refractivity contribution in [3.63, 3.8) is 0 Å². The minimum absolute atomic E-state index is 0.0684. The predicted molar refractivity (Wildman–Crippen MR) is 101 cm³/mol. The van der Waals surface area contributed by atoms with E-state index in [0.29, 0.717) is 24.1 Å². The van der Waals surface area contributed by atoms with Gasteiger partial charge >= 0.3 is 5.97 Å². The molecule has 1 aliphatic heterocycles.